The van der Waals surface area contributed by atoms with Gasteiger partial charge in [-0.15, -0.1) is 0 Å². The van der Waals surface area contributed by atoms with Gasteiger partial charge in [-0.3, -0.25) is 0 Å². The number of hydrogen-bond acceptors (Lipinski definition) is 1. The molecule has 0 aliphatic carbocycles. The van der Waals surface area contributed by atoms with E-state index >= 15 is 0 Å². The fourth-order valence-corrected chi connectivity index (χ4v) is 1.78. The molecule has 0 saturated heterocycles. The summed E-state index contributed by atoms with van der Waals surface area (Å²) in [6.07, 6.45) is 5.47. The number of para-hydroxylation sites is 1. The van der Waals surface area contributed by atoms with Crippen LogP contribution < -0.4 is 4.74 Å². The Hall–Kier alpha value is -2.02. The first-order valence-electron chi connectivity index (χ1n) is 6.78. The second kappa shape index (κ2) is 6.79. The van der Waals surface area contributed by atoms with Gasteiger partial charge in [0.1, 0.15) is 5.75 Å². The summed E-state index contributed by atoms with van der Waals surface area (Å²) >= 11 is 0. The normalized spacial score (nSPS) is 12.5. The molecule has 19 heavy (non-hydrogen) atoms. The highest BCUT2D eigenvalue weighted by molar-refractivity contribution is 5.72. The Bertz CT molecular complexity index is 528. The second-order valence-corrected chi connectivity index (χ2v) is 4.62. The largest absolute Gasteiger partial charge is 0.490 e. The molecule has 1 nitrogen and oxygen atoms in total. The van der Waals surface area contributed by atoms with Crippen LogP contribution in [0.2, 0.25) is 0 Å². The molecule has 0 N–H and O–H groups in total. The van der Waals surface area contributed by atoms with Crippen LogP contribution in [0.5, 0.6) is 5.75 Å². The van der Waals surface area contributed by atoms with E-state index in [1.807, 2.05) is 36.4 Å². The van der Waals surface area contributed by atoms with Crippen LogP contribution in [0.1, 0.15) is 31.4 Å². The van der Waals surface area contributed by atoms with Crippen molar-refractivity contribution < 1.29 is 4.74 Å². The molecule has 1 atom stereocenters. The van der Waals surface area contributed by atoms with E-state index in [0.717, 1.165) is 17.7 Å². The smallest absolute Gasteiger partial charge is 0.126 e. The molecular formula is C18H20O. The summed E-state index contributed by atoms with van der Waals surface area (Å²) in [5.41, 5.74) is 2.31. The molecular weight excluding hydrogens is 232 g/mol. The van der Waals surface area contributed by atoms with Gasteiger partial charge >= 0.3 is 0 Å². The third-order valence-electron chi connectivity index (χ3n) is 3.08. The van der Waals surface area contributed by atoms with Crippen molar-refractivity contribution in [1.82, 2.24) is 0 Å². The molecule has 2 aromatic rings. The zero-order valence-corrected chi connectivity index (χ0v) is 11.5. The Morgan fingerprint density at radius 2 is 1.63 bits per heavy atom. The average molecular weight is 252 g/mol. The maximum absolute atomic E-state index is 5.93. The third kappa shape index (κ3) is 3.99. The van der Waals surface area contributed by atoms with E-state index in [0.29, 0.717) is 0 Å². The van der Waals surface area contributed by atoms with Crippen molar-refractivity contribution in [2.75, 3.05) is 0 Å². The summed E-state index contributed by atoms with van der Waals surface area (Å²) in [7, 11) is 0. The van der Waals surface area contributed by atoms with Gasteiger partial charge in [-0.1, -0.05) is 67.6 Å². The van der Waals surface area contributed by atoms with Crippen LogP contribution in [-0.2, 0) is 0 Å². The molecule has 2 rings (SSSR count). The lowest BCUT2D eigenvalue weighted by Gasteiger charge is -2.14. The zero-order valence-electron chi connectivity index (χ0n) is 11.5. The first-order chi connectivity index (χ1) is 9.29. The van der Waals surface area contributed by atoms with Crippen molar-refractivity contribution in [2.45, 2.75) is 26.4 Å². The molecule has 0 saturated carbocycles. The Morgan fingerprint density at radius 1 is 0.947 bits per heavy atom. The summed E-state index contributed by atoms with van der Waals surface area (Å²) in [5, 5.41) is 0. The molecule has 0 aliphatic heterocycles. The number of hydrogen-bond donors (Lipinski definition) is 0. The van der Waals surface area contributed by atoms with Crippen LogP contribution in [0.3, 0.4) is 0 Å². The van der Waals surface area contributed by atoms with Crippen LogP contribution in [0.15, 0.2) is 54.6 Å². The van der Waals surface area contributed by atoms with Gasteiger partial charge in [0, 0.05) is 5.56 Å². The summed E-state index contributed by atoms with van der Waals surface area (Å²) in [4.78, 5) is 0. The monoisotopic (exact) mass is 252 g/mol. The van der Waals surface area contributed by atoms with Gasteiger partial charge in [-0.2, -0.15) is 0 Å². The fourth-order valence-electron chi connectivity index (χ4n) is 1.78. The third-order valence-corrected chi connectivity index (χ3v) is 3.08. The molecule has 0 fully saturated rings. The van der Waals surface area contributed by atoms with Crippen molar-refractivity contribution in [3.05, 3.63) is 65.7 Å². The minimum Gasteiger partial charge on any atom is -0.490 e. The first kappa shape index (κ1) is 13.4. The van der Waals surface area contributed by atoms with Gasteiger partial charge in [0.15, 0.2) is 0 Å². The van der Waals surface area contributed by atoms with E-state index in [2.05, 4.69) is 44.2 Å². The first-order valence-corrected chi connectivity index (χ1v) is 6.78. The zero-order chi connectivity index (χ0) is 13.5. The molecule has 1 heteroatoms. The minimum absolute atomic E-state index is 0.242. The van der Waals surface area contributed by atoms with Crippen molar-refractivity contribution in [1.29, 1.82) is 0 Å². The molecule has 0 heterocycles. The Balaban J connectivity index is 2.18. The number of ether oxygens (including phenoxy) is 1. The molecule has 0 radical (unpaired) electrons. The highest BCUT2D eigenvalue weighted by Crippen LogP contribution is 2.22. The molecule has 0 spiro atoms. The summed E-state index contributed by atoms with van der Waals surface area (Å²) in [6, 6.07) is 18.4. The lowest BCUT2D eigenvalue weighted by Crippen LogP contribution is -2.10. The highest BCUT2D eigenvalue weighted by Gasteiger charge is 2.04. The summed E-state index contributed by atoms with van der Waals surface area (Å²) < 4.78 is 5.93. The number of benzene rings is 2. The molecule has 0 aliphatic rings. The lowest BCUT2D eigenvalue weighted by atomic mass is 10.1. The van der Waals surface area contributed by atoms with E-state index in [4.69, 9.17) is 4.74 Å². The van der Waals surface area contributed by atoms with Crippen LogP contribution in [0, 0.1) is 0 Å². The van der Waals surface area contributed by atoms with Crippen molar-refractivity contribution in [2.24, 2.45) is 0 Å². The van der Waals surface area contributed by atoms with E-state index in [9.17, 15) is 0 Å². The van der Waals surface area contributed by atoms with Crippen LogP contribution in [0.4, 0.5) is 0 Å². The van der Waals surface area contributed by atoms with Crippen LogP contribution in [0.25, 0.3) is 12.2 Å². The van der Waals surface area contributed by atoms with Gasteiger partial charge in [0.25, 0.3) is 0 Å². The lowest BCUT2D eigenvalue weighted by molar-refractivity contribution is 0.217. The van der Waals surface area contributed by atoms with Crippen molar-refractivity contribution >= 4 is 12.2 Å². The Morgan fingerprint density at radius 3 is 2.37 bits per heavy atom. The van der Waals surface area contributed by atoms with Crippen molar-refractivity contribution in [3.8, 4) is 5.75 Å². The molecule has 0 bridgehead atoms. The second-order valence-electron chi connectivity index (χ2n) is 4.62. The van der Waals surface area contributed by atoms with Gasteiger partial charge in [-0.25, -0.2) is 0 Å². The predicted octanol–water partition coefficient (Wildman–Crippen LogP) is 5.03. The van der Waals surface area contributed by atoms with Gasteiger partial charge in [0.05, 0.1) is 6.10 Å². The topological polar surface area (TPSA) is 9.23 Å². The molecule has 2 aromatic carbocycles. The molecule has 0 aromatic heterocycles. The Labute approximate surface area is 115 Å². The van der Waals surface area contributed by atoms with E-state index in [-0.39, 0.29) is 6.10 Å². The van der Waals surface area contributed by atoms with Crippen LogP contribution >= 0.6 is 0 Å². The fraction of sp³-hybridized carbons (Fsp3) is 0.222. The summed E-state index contributed by atoms with van der Waals surface area (Å²) in [5.74, 6) is 0.948. The standard InChI is InChI=1S/C18H20O/c1-3-15(2)19-18-12-8-7-11-17(18)14-13-16-9-5-4-6-10-16/h4-15H,3H2,1-2H3/b14-13+. The van der Waals surface area contributed by atoms with E-state index in [1.54, 1.807) is 0 Å². The van der Waals surface area contributed by atoms with Gasteiger partial charge in [0.2, 0.25) is 0 Å². The summed E-state index contributed by atoms with van der Waals surface area (Å²) in [6.45, 7) is 4.23. The van der Waals surface area contributed by atoms with Crippen molar-refractivity contribution in [3.63, 3.8) is 0 Å². The Kier molecular flexibility index (Phi) is 4.79. The number of rotatable bonds is 5. The molecule has 98 valence electrons. The van der Waals surface area contributed by atoms with Crippen LogP contribution in [-0.4, -0.2) is 6.10 Å². The quantitative estimate of drug-likeness (QED) is 0.678. The van der Waals surface area contributed by atoms with Gasteiger partial charge < -0.3 is 4.74 Å². The molecule has 1 unspecified atom stereocenters. The highest BCUT2D eigenvalue weighted by atomic mass is 16.5. The average Bonchev–Trinajstić information content (AvgIpc) is 2.47. The minimum atomic E-state index is 0.242. The van der Waals surface area contributed by atoms with Gasteiger partial charge in [-0.05, 0) is 25.0 Å². The van der Waals surface area contributed by atoms with E-state index < -0.39 is 0 Å². The maximum atomic E-state index is 5.93. The SMILES string of the molecule is CCC(C)Oc1ccccc1/C=C/c1ccccc1. The maximum Gasteiger partial charge on any atom is 0.126 e. The van der Waals surface area contributed by atoms with E-state index in [1.165, 1.54) is 5.56 Å². The molecule has 0 amide bonds. The predicted molar refractivity (Wildman–Crippen MR) is 82.2 cm³/mol.